The van der Waals surface area contributed by atoms with Gasteiger partial charge in [-0.25, -0.2) is 8.78 Å². The molecule has 10 heteroatoms. The molecule has 0 aliphatic heterocycles. The van der Waals surface area contributed by atoms with E-state index in [1.165, 1.54) is 48.5 Å². The molecule has 248 valence electrons. The van der Waals surface area contributed by atoms with Gasteiger partial charge in [-0.05, 0) is 84.6 Å². The minimum atomic E-state index is -4.36. The molecule has 0 unspecified atom stereocenters. The van der Waals surface area contributed by atoms with Crippen LogP contribution in [0.15, 0.2) is 155 Å². The average molecular weight is 697 g/mol. The van der Waals surface area contributed by atoms with Crippen molar-refractivity contribution in [2.24, 2.45) is 0 Å². The van der Waals surface area contributed by atoms with Crippen molar-refractivity contribution in [3.8, 4) is 11.5 Å². The predicted octanol–water partition coefficient (Wildman–Crippen LogP) is 8.50. The van der Waals surface area contributed by atoms with Crippen molar-refractivity contribution in [1.82, 2.24) is 0 Å². The second kappa shape index (κ2) is 13.3. The van der Waals surface area contributed by atoms with E-state index in [1.807, 2.05) is 0 Å². The Labute approximate surface area is 284 Å². The Morgan fingerprint density at radius 1 is 0.449 bits per heavy atom. The Balaban J connectivity index is 1.49. The molecule has 0 spiro atoms. The lowest BCUT2D eigenvalue weighted by Crippen LogP contribution is -2.31. The molecule has 0 aliphatic carbocycles. The molecule has 0 heterocycles. The van der Waals surface area contributed by atoms with E-state index >= 15 is 8.78 Å². The fourth-order valence-electron chi connectivity index (χ4n) is 5.72. The van der Waals surface area contributed by atoms with Gasteiger partial charge in [0.2, 0.25) is 0 Å². The van der Waals surface area contributed by atoms with Crippen LogP contribution in [0.2, 0.25) is 0 Å². The third-order valence-corrected chi connectivity index (χ3v) is 10.7. The van der Waals surface area contributed by atoms with Gasteiger partial charge in [0.15, 0.2) is 23.1 Å². The van der Waals surface area contributed by atoms with Crippen LogP contribution >= 0.6 is 0 Å². The first kappa shape index (κ1) is 33.6. The van der Waals surface area contributed by atoms with Gasteiger partial charge in [0, 0.05) is 0 Å². The summed E-state index contributed by atoms with van der Waals surface area (Å²) in [5, 5.41) is 0. The van der Waals surface area contributed by atoms with Crippen LogP contribution in [0.5, 0.6) is 11.5 Å². The summed E-state index contributed by atoms with van der Waals surface area (Å²) in [6.45, 7) is 3.61. The molecule has 0 amide bonds. The lowest BCUT2D eigenvalue weighted by atomic mass is 9.65. The Morgan fingerprint density at radius 2 is 0.796 bits per heavy atom. The molecule has 6 aromatic rings. The molecule has 0 radical (unpaired) electrons. The lowest BCUT2D eigenvalue weighted by Gasteiger charge is -2.37. The Bertz CT molecular complexity index is 2160. The van der Waals surface area contributed by atoms with Crippen molar-refractivity contribution in [1.29, 1.82) is 0 Å². The van der Waals surface area contributed by atoms with Gasteiger partial charge >= 0.3 is 20.2 Å². The largest absolute Gasteiger partial charge is 0.376 e. The average Bonchev–Trinajstić information content (AvgIpc) is 3.09. The fourth-order valence-corrected chi connectivity index (χ4v) is 7.60. The first-order chi connectivity index (χ1) is 23.4. The lowest BCUT2D eigenvalue weighted by molar-refractivity contribution is 0.460. The zero-order valence-electron chi connectivity index (χ0n) is 26.4. The molecule has 6 rings (SSSR count). The van der Waals surface area contributed by atoms with Crippen LogP contribution in [-0.2, 0) is 25.7 Å². The molecule has 6 aromatic carbocycles. The molecular weight excluding hydrogens is 667 g/mol. The van der Waals surface area contributed by atoms with Crippen LogP contribution in [-0.4, -0.2) is 16.8 Å². The molecule has 0 saturated carbocycles. The van der Waals surface area contributed by atoms with E-state index in [9.17, 15) is 16.8 Å². The number of benzene rings is 6. The van der Waals surface area contributed by atoms with Gasteiger partial charge in [-0.1, -0.05) is 108 Å². The third-order valence-electron chi connectivity index (χ3n) is 8.16. The molecule has 49 heavy (non-hydrogen) atoms. The van der Waals surface area contributed by atoms with Gasteiger partial charge < -0.3 is 8.37 Å². The fraction of sp³-hybridized carbons (Fsp3) is 0.0769. The number of hydrogen-bond acceptors (Lipinski definition) is 6. The van der Waals surface area contributed by atoms with Gasteiger partial charge in [0.25, 0.3) is 0 Å². The van der Waals surface area contributed by atoms with Gasteiger partial charge in [-0.3, -0.25) is 0 Å². The van der Waals surface area contributed by atoms with Crippen LogP contribution < -0.4 is 8.37 Å². The molecule has 0 bridgehead atoms. The maximum Gasteiger partial charge on any atom is 0.339 e. The standard InChI is InChI=1S/C39H30F2O6S2/c1-27-13-19-33(20-14-27)48(42,43)46-37-23-17-31(25-35(37)40)39(29-9-5-3-6-10-29,30-11-7-4-8-12-30)32-18-24-38(36(41)26-32)47-49(44,45)34-21-15-28(2)16-22-34/h3-26H,1-2H3. The highest BCUT2D eigenvalue weighted by atomic mass is 32.2. The van der Waals surface area contributed by atoms with Crippen molar-refractivity contribution < 1.29 is 34.0 Å². The van der Waals surface area contributed by atoms with Crippen molar-refractivity contribution >= 4 is 20.2 Å². The molecular formula is C39H30F2O6S2. The second-order valence-electron chi connectivity index (χ2n) is 11.5. The molecule has 0 saturated heterocycles. The number of rotatable bonds is 10. The highest BCUT2D eigenvalue weighted by molar-refractivity contribution is 7.87. The summed E-state index contributed by atoms with van der Waals surface area (Å²) in [6, 6.07) is 37.7. The van der Waals surface area contributed by atoms with E-state index in [2.05, 4.69) is 0 Å². The van der Waals surface area contributed by atoms with E-state index in [1.54, 1.807) is 98.8 Å². The van der Waals surface area contributed by atoms with E-state index < -0.39 is 48.8 Å². The Hall–Kier alpha value is -5.32. The first-order valence-electron chi connectivity index (χ1n) is 15.1. The monoisotopic (exact) mass is 696 g/mol. The predicted molar refractivity (Wildman–Crippen MR) is 183 cm³/mol. The van der Waals surface area contributed by atoms with Gasteiger partial charge in [0.1, 0.15) is 9.79 Å². The summed E-state index contributed by atoms with van der Waals surface area (Å²) in [5.41, 5.74) is 2.22. The van der Waals surface area contributed by atoms with Crippen LogP contribution in [0.4, 0.5) is 8.78 Å². The van der Waals surface area contributed by atoms with Crippen LogP contribution in [0.25, 0.3) is 0 Å². The number of halogens is 2. The normalized spacial score (nSPS) is 12.0. The molecule has 0 atom stereocenters. The van der Waals surface area contributed by atoms with E-state index in [0.29, 0.717) is 22.3 Å². The van der Waals surface area contributed by atoms with Crippen molar-refractivity contribution in [2.45, 2.75) is 29.1 Å². The topological polar surface area (TPSA) is 86.7 Å². The SMILES string of the molecule is Cc1ccc(S(=O)(=O)Oc2ccc(C(c3ccccc3)(c3ccccc3)c3ccc(OS(=O)(=O)c4ccc(C)cc4)c(F)c3)cc2F)cc1. The minimum Gasteiger partial charge on any atom is -0.376 e. The summed E-state index contributed by atoms with van der Waals surface area (Å²) in [4.78, 5) is -0.265. The van der Waals surface area contributed by atoms with Crippen LogP contribution in [0.1, 0.15) is 33.4 Å². The van der Waals surface area contributed by atoms with Gasteiger partial charge in [-0.2, -0.15) is 16.8 Å². The minimum absolute atomic E-state index is 0.133. The van der Waals surface area contributed by atoms with Gasteiger partial charge in [-0.15, -0.1) is 0 Å². The van der Waals surface area contributed by atoms with Crippen molar-refractivity contribution in [3.63, 3.8) is 0 Å². The second-order valence-corrected chi connectivity index (χ2v) is 14.6. The number of aryl methyl sites for hydroxylation is 2. The van der Waals surface area contributed by atoms with E-state index in [0.717, 1.165) is 23.3 Å². The molecule has 0 fully saturated rings. The zero-order valence-corrected chi connectivity index (χ0v) is 28.0. The Kier molecular flexibility index (Phi) is 9.11. The van der Waals surface area contributed by atoms with Crippen LogP contribution in [0.3, 0.4) is 0 Å². The molecule has 0 aliphatic rings. The van der Waals surface area contributed by atoms with Crippen molar-refractivity contribution in [3.05, 3.63) is 191 Å². The summed E-state index contributed by atoms with van der Waals surface area (Å²) in [6.07, 6.45) is 0. The first-order valence-corrected chi connectivity index (χ1v) is 18.0. The Morgan fingerprint density at radius 3 is 1.12 bits per heavy atom. The maximum atomic E-state index is 16.0. The summed E-state index contributed by atoms with van der Waals surface area (Å²) >= 11 is 0. The van der Waals surface area contributed by atoms with E-state index in [-0.39, 0.29) is 9.79 Å². The maximum absolute atomic E-state index is 16.0. The van der Waals surface area contributed by atoms with Gasteiger partial charge in [0.05, 0.1) is 5.41 Å². The van der Waals surface area contributed by atoms with Crippen LogP contribution in [0, 0.1) is 25.5 Å². The summed E-state index contributed by atoms with van der Waals surface area (Å²) in [5.74, 6) is -2.96. The molecule has 0 N–H and O–H groups in total. The molecule has 0 aromatic heterocycles. The third kappa shape index (κ3) is 6.70. The quantitative estimate of drug-likeness (QED) is 0.106. The smallest absolute Gasteiger partial charge is 0.339 e. The molecule has 6 nitrogen and oxygen atoms in total. The zero-order chi connectivity index (χ0) is 34.8. The highest BCUT2D eigenvalue weighted by Crippen LogP contribution is 2.47. The van der Waals surface area contributed by atoms with E-state index in [4.69, 9.17) is 8.37 Å². The summed E-state index contributed by atoms with van der Waals surface area (Å²) < 4.78 is 94.5. The number of hydrogen-bond donors (Lipinski definition) is 0. The highest BCUT2D eigenvalue weighted by Gasteiger charge is 2.40. The van der Waals surface area contributed by atoms with Crippen molar-refractivity contribution in [2.75, 3.05) is 0 Å². The summed E-state index contributed by atoms with van der Waals surface area (Å²) in [7, 11) is -8.72.